The molecule has 3 heterocycles. The number of nitrogens with zero attached hydrogens (tertiary/aromatic N) is 4. The molecule has 3 atom stereocenters. The maximum absolute atomic E-state index is 12.4. The van der Waals surface area contributed by atoms with Crippen LogP contribution in [0.4, 0.5) is 5.82 Å². The van der Waals surface area contributed by atoms with Gasteiger partial charge in [-0.05, 0) is 54.8 Å². The van der Waals surface area contributed by atoms with Crippen LogP contribution in [0.3, 0.4) is 0 Å². The average molecular weight is 534 g/mol. The lowest BCUT2D eigenvalue weighted by molar-refractivity contribution is -0.112. The molecule has 200 valence electrons. The third-order valence-electron chi connectivity index (χ3n) is 7.92. The van der Waals surface area contributed by atoms with E-state index in [0.29, 0.717) is 23.6 Å². The summed E-state index contributed by atoms with van der Waals surface area (Å²) in [6.45, 7) is 23.9. The lowest BCUT2D eigenvalue weighted by Crippen LogP contribution is -2.46. The van der Waals surface area contributed by atoms with E-state index in [1.807, 2.05) is 4.57 Å². The summed E-state index contributed by atoms with van der Waals surface area (Å²) in [4.78, 5) is 25.3. The molecule has 1 fully saturated rings. The smallest absolute Gasteiger partial charge is 0.193 e. The van der Waals surface area contributed by atoms with E-state index in [1.54, 1.807) is 19.3 Å². The van der Waals surface area contributed by atoms with Gasteiger partial charge in [0, 0.05) is 0 Å². The highest BCUT2D eigenvalue weighted by atomic mass is 28.4. The van der Waals surface area contributed by atoms with Crippen molar-refractivity contribution in [2.24, 2.45) is 0 Å². The molecule has 9 nitrogen and oxygen atoms in total. The van der Waals surface area contributed by atoms with Crippen LogP contribution in [-0.4, -0.2) is 60.8 Å². The maximum atomic E-state index is 12.4. The van der Waals surface area contributed by atoms with Crippen molar-refractivity contribution >= 4 is 39.4 Å². The van der Waals surface area contributed by atoms with Gasteiger partial charge in [0.2, 0.25) is 0 Å². The van der Waals surface area contributed by atoms with Crippen molar-refractivity contribution < 1.29 is 18.4 Å². The number of carbonyl (C=O) groups is 1. The fourth-order valence-corrected chi connectivity index (χ4v) is 5.84. The first kappa shape index (κ1) is 28.6. The monoisotopic (exact) mass is 533 g/mol. The minimum Gasteiger partial charge on any atom is -0.414 e. The number of ether oxygens (including phenoxy) is 1. The summed E-state index contributed by atoms with van der Waals surface area (Å²) in [6.07, 6.45) is 3.19. The van der Waals surface area contributed by atoms with E-state index >= 15 is 0 Å². The zero-order chi connectivity index (χ0) is 27.3. The van der Waals surface area contributed by atoms with E-state index in [1.165, 1.54) is 6.33 Å². The van der Waals surface area contributed by atoms with Gasteiger partial charge in [0.05, 0.1) is 12.9 Å². The number of allylic oxidation sites excluding steroid dienone is 1. The molecule has 11 heteroatoms. The van der Waals surface area contributed by atoms with Gasteiger partial charge < -0.3 is 19.3 Å². The van der Waals surface area contributed by atoms with E-state index in [-0.39, 0.29) is 15.9 Å². The van der Waals surface area contributed by atoms with Crippen molar-refractivity contribution in [3.05, 3.63) is 24.3 Å². The number of hydrogen-bond donors (Lipinski definition) is 1. The van der Waals surface area contributed by atoms with Gasteiger partial charge in [0.25, 0.3) is 0 Å². The van der Waals surface area contributed by atoms with E-state index < -0.39 is 35.1 Å². The molecule has 1 saturated heterocycles. The van der Waals surface area contributed by atoms with Crippen LogP contribution >= 0.6 is 0 Å². The molecule has 0 saturated carbocycles. The molecular formula is C25H43N5O4Si2. The van der Waals surface area contributed by atoms with Gasteiger partial charge in [0.15, 0.2) is 40.1 Å². The molecule has 0 radical (unpaired) electrons. The summed E-state index contributed by atoms with van der Waals surface area (Å²) >= 11 is 0. The van der Waals surface area contributed by atoms with Crippen LogP contribution in [0.1, 0.15) is 54.7 Å². The van der Waals surface area contributed by atoms with Crippen molar-refractivity contribution in [3.63, 3.8) is 0 Å². The van der Waals surface area contributed by atoms with Crippen LogP contribution in [0, 0.1) is 0 Å². The van der Waals surface area contributed by atoms with E-state index in [9.17, 15) is 4.79 Å². The zero-order valence-electron chi connectivity index (χ0n) is 23.7. The van der Waals surface area contributed by atoms with E-state index in [0.717, 1.165) is 5.57 Å². The second-order valence-corrected chi connectivity index (χ2v) is 22.3. The minimum atomic E-state index is -2.27. The lowest BCUT2D eigenvalue weighted by atomic mass is 10.0. The first-order chi connectivity index (χ1) is 16.4. The standard InChI is InChI=1S/C25H43N5O4Si2/c1-16(31)12-17-18(13-32-35(8,9)24(2,3)4)33-23(20(17)34-36(10,11)25(5,6)7)30-15-29-19-21(26)27-14-28-22(19)30/h12,14-15,18,20,23H,13H2,1-11H3,(H2,26,27,28)/b17-12-/t18-,20-,23-/m1/s1. The average Bonchev–Trinajstić information content (AvgIpc) is 3.27. The Bertz CT molecular complexity index is 1150. The summed E-state index contributed by atoms with van der Waals surface area (Å²) in [7, 11) is -4.33. The molecule has 0 aliphatic carbocycles. The number of nitrogens with two attached hydrogens (primary N) is 1. The molecule has 36 heavy (non-hydrogen) atoms. The SMILES string of the molecule is CC(=O)/C=C1\[C@@H](O[Si](C)(C)C(C)(C)C)[C@H](n2cnc3c(N)ncnc32)O[C@@H]1CO[Si](C)(C)C(C)(C)C. The minimum absolute atomic E-state index is 0.0432. The fraction of sp³-hybridized carbons (Fsp3) is 0.680. The summed E-state index contributed by atoms with van der Waals surface area (Å²) in [5.74, 6) is 0.244. The normalized spacial score (nSPS) is 23.1. The molecule has 0 aromatic carbocycles. The number of aromatic nitrogens is 4. The first-order valence-corrected chi connectivity index (χ1v) is 18.3. The third kappa shape index (κ3) is 5.64. The number of fused-ring (bicyclic) bond motifs is 1. The van der Waals surface area contributed by atoms with Crippen molar-refractivity contribution in [2.75, 3.05) is 12.3 Å². The molecule has 0 unspecified atom stereocenters. The van der Waals surface area contributed by atoms with E-state index in [4.69, 9.17) is 19.3 Å². The Morgan fingerprint density at radius 1 is 1.08 bits per heavy atom. The molecule has 3 rings (SSSR count). The lowest BCUT2D eigenvalue weighted by Gasteiger charge is -2.39. The Morgan fingerprint density at radius 2 is 1.69 bits per heavy atom. The van der Waals surface area contributed by atoms with Crippen LogP contribution in [0.25, 0.3) is 11.2 Å². The van der Waals surface area contributed by atoms with Gasteiger partial charge in [-0.1, -0.05) is 41.5 Å². The first-order valence-electron chi connectivity index (χ1n) is 12.5. The van der Waals surface area contributed by atoms with Crippen LogP contribution in [-0.2, 0) is 18.4 Å². The van der Waals surface area contributed by atoms with Crippen molar-refractivity contribution in [1.82, 2.24) is 19.5 Å². The van der Waals surface area contributed by atoms with Gasteiger partial charge in [-0.25, -0.2) is 15.0 Å². The van der Waals surface area contributed by atoms with E-state index in [2.05, 4.69) is 82.7 Å². The Hall–Kier alpha value is -1.93. The van der Waals surface area contributed by atoms with Crippen LogP contribution < -0.4 is 5.73 Å². The summed E-state index contributed by atoms with van der Waals surface area (Å²) in [5.41, 5.74) is 7.91. The van der Waals surface area contributed by atoms with Crippen molar-refractivity contribution in [2.45, 2.75) is 103 Å². The summed E-state index contributed by atoms with van der Waals surface area (Å²) in [6, 6.07) is 0. The van der Waals surface area contributed by atoms with Crippen LogP contribution in [0.5, 0.6) is 0 Å². The topological polar surface area (TPSA) is 114 Å². The number of hydrogen-bond acceptors (Lipinski definition) is 8. The Labute approximate surface area is 217 Å². The second-order valence-electron chi connectivity index (χ2n) is 12.7. The van der Waals surface area contributed by atoms with Crippen LogP contribution in [0.2, 0.25) is 36.3 Å². The highest BCUT2D eigenvalue weighted by Crippen LogP contribution is 2.45. The largest absolute Gasteiger partial charge is 0.414 e. The van der Waals surface area contributed by atoms with Gasteiger partial charge in [-0.15, -0.1) is 0 Å². The number of imidazole rings is 1. The molecule has 1 aliphatic rings. The molecular weight excluding hydrogens is 490 g/mol. The predicted octanol–water partition coefficient (Wildman–Crippen LogP) is 5.23. The number of rotatable bonds is 7. The van der Waals surface area contributed by atoms with Gasteiger partial charge in [-0.2, -0.15) is 0 Å². The molecule has 2 aromatic rings. The predicted molar refractivity (Wildman–Crippen MR) is 148 cm³/mol. The number of carbonyl (C=O) groups excluding carboxylic acids is 1. The summed E-state index contributed by atoms with van der Waals surface area (Å²) < 4.78 is 22.0. The van der Waals surface area contributed by atoms with Gasteiger partial charge >= 0.3 is 0 Å². The Balaban J connectivity index is 2.10. The molecule has 1 aliphatic heterocycles. The van der Waals surface area contributed by atoms with Gasteiger partial charge in [0.1, 0.15) is 24.1 Å². The molecule has 2 aromatic heterocycles. The van der Waals surface area contributed by atoms with Crippen LogP contribution in [0.15, 0.2) is 24.3 Å². The number of ketones is 1. The zero-order valence-corrected chi connectivity index (χ0v) is 25.7. The fourth-order valence-electron chi connectivity index (χ4n) is 3.60. The third-order valence-corrected chi connectivity index (χ3v) is 16.9. The molecule has 0 amide bonds. The molecule has 0 spiro atoms. The second kappa shape index (κ2) is 9.75. The molecule has 2 N–H and O–H groups in total. The van der Waals surface area contributed by atoms with Crippen molar-refractivity contribution in [3.8, 4) is 0 Å². The number of nitrogen functional groups attached to an aromatic ring is 1. The highest BCUT2D eigenvalue weighted by molar-refractivity contribution is 6.74. The van der Waals surface area contributed by atoms with Crippen molar-refractivity contribution in [1.29, 1.82) is 0 Å². The summed E-state index contributed by atoms with van der Waals surface area (Å²) in [5, 5.41) is -0.000287. The Kier molecular flexibility index (Phi) is 7.76. The molecule has 0 bridgehead atoms. The maximum Gasteiger partial charge on any atom is 0.193 e. The number of anilines is 1. The highest BCUT2D eigenvalue weighted by Gasteiger charge is 2.49. The quantitative estimate of drug-likeness (QED) is 0.380. The van der Waals surface area contributed by atoms with Gasteiger partial charge in [-0.3, -0.25) is 9.36 Å². The Morgan fingerprint density at radius 3 is 2.25 bits per heavy atom.